The zero-order chi connectivity index (χ0) is 9.46. The van der Waals surface area contributed by atoms with Crippen molar-refractivity contribution in [1.82, 2.24) is 0 Å². The second-order valence-electron chi connectivity index (χ2n) is 2.67. The summed E-state index contributed by atoms with van der Waals surface area (Å²) in [5.41, 5.74) is 0. The Hall–Kier alpha value is 3.29. The summed E-state index contributed by atoms with van der Waals surface area (Å²) in [6, 6.07) is 0. The molecule has 1 aliphatic carbocycles. The third-order valence-electron chi connectivity index (χ3n) is 1.83. The molecule has 0 aromatic heterocycles. The van der Waals surface area contributed by atoms with Gasteiger partial charge in [-0.25, -0.2) is 0 Å². The van der Waals surface area contributed by atoms with Gasteiger partial charge in [0.2, 0.25) is 0 Å². The van der Waals surface area contributed by atoms with Crippen molar-refractivity contribution in [3.8, 4) is 0 Å². The quantitative estimate of drug-likeness (QED) is 0.449. The van der Waals surface area contributed by atoms with Gasteiger partial charge >= 0.3 is 37.7 Å². The van der Waals surface area contributed by atoms with Crippen molar-refractivity contribution < 1.29 is 2.85 Å². The minimum Gasteiger partial charge on any atom is -1.00 e. The average molecular weight is 369 g/mol. The molecule has 1 saturated carbocycles. The van der Waals surface area contributed by atoms with Crippen LogP contribution >= 0.6 is 82.0 Å². The van der Waals surface area contributed by atoms with Gasteiger partial charge in [-0.05, 0) is 0 Å². The van der Waals surface area contributed by atoms with Gasteiger partial charge in [-0.1, -0.05) is 0 Å². The molecule has 0 atom stereocenters. The zero-order valence-corrected chi connectivity index (χ0v) is 14.4. The minimum atomic E-state index is -0.437. The third-order valence-corrected chi connectivity index (χ3v) is 5.86. The molecule has 0 aromatic rings. The predicted molar refractivity (Wildman–Crippen MR) is 73.1 cm³/mol. The average Bonchev–Trinajstić information content (AvgIpc) is 2.08. The van der Waals surface area contributed by atoms with E-state index >= 15 is 0 Å². The van der Waals surface area contributed by atoms with Crippen LogP contribution in [0, 0.1) is 0 Å². The van der Waals surface area contributed by atoms with E-state index < -0.39 is 32.3 Å². The van der Waals surface area contributed by atoms with Gasteiger partial charge in [-0.15, -0.1) is 82.0 Å². The van der Waals surface area contributed by atoms with Crippen LogP contribution in [0.3, 0.4) is 0 Å². The monoisotopic (exact) mass is 366 g/mol. The molecule has 0 aliphatic heterocycles. The van der Waals surface area contributed by atoms with Crippen LogP contribution < -0.4 is 0 Å². The molecule has 0 N–H and O–H groups in total. The van der Waals surface area contributed by atoms with Crippen LogP contribution in [-0.4, -0.2) is 70.0 Å². The molecule has 0 amide bonds. The standard InChI is InChI=1S/C6H6Cl6.Ca.ClH.2H/c7-1-2(8)4(10)6(12)5(11)3(1)9;;;;/h1-6H;;1H;;/q;+2;;2*-1. The van der Waals surface area contributed by atoms with Gasteiger partial charge < -0.3 is 2.85 Å². The molecule has 1 fully saturated rings. The van der Waals surface area contributed by atoms with Crippen molar-refractivity contribution in [3.05, 3.63) is 0 Å². The fraction of sp³-hybridized carbons (Fsp3) is 1.00. The first-order valence-corrected chi connectivity index (χ1v) is 5.93. The molecule has 0 unspecified atom stereocenters. The third kappa shape index (κ3) is 4.19. The van der Waals surface area contributed by atoms with Gasteiger partial charge in [0.05, 0.1) is 32.3 Å². The predicted octanol–water partition coefficient (Wildman–Crippen LogP) is 3.91. The number of rotatable bonds is 0. The molecule has 84 valence electrons. The Kier molecular flexibility index (Phi) is 11.8. The van der Waals surface area contributed by atoms with Crippen LogP contribution in [0.4, 0.5) is 0 Å². The summed E-state index contributed by atoms with van der Waals surface area (Å²) in [6.45, 7) is 0. The van der Waals surface area contributed by atoms with E-state index in [1.54, 1.807) is 0 Å². The SMILES string of the molecule is Cl.ClC1C(Cl)C(Cl)C(Cl)C(Cl)C1Cl.[Ca+2].[H-].[H-]. The molecule has 0 aromatic carbocycles. The Morgan fingerprint density at radius 3 is 0.643 bits per heavy atom. The van der Waals surface area contributed by atoms with Gasteiger partial charge in [-0.3, -0.25) is 0 Å². The molecule has 0 radical (unpaired) electrons. The fourth-order valence-corrected chi connectivity index (χ4v) is 3.38. The topological polar surface area (TPSA) is 0 Å². The summed E-state index contributed by atoms with van der Waals surface area (Å²) in [4.78, 5) is 0. The van der Waals surface area contributed by atoms with E-state index in [4.69, 9.17) is 69.6 Å². The summed E-state index contributed by atoms with van der Waals surface area (Å²) < 4.78 is 0. The summed E-state index contributed by atoms with van der Waals surface area (Å²) in [5, 5.41) is -2.62. The Balaban J connectivity index is -0.000000180. The van der Waals surface area contributed by atoms with E-state index in [1.807, 2.05) is 0 Å². The molecule has 1 rings (SSSR count). The molecule has 0 nitrogen and oxygen atoms in total. The largest absolute Gasteiger partial charge is 2.00 e. The van der Waals surface area contributed by atoms with Crippen molar-refractivity contribution >= 4 is 120 Å². The maximum absolute atomic E-state index is 5.88. The maximum atomic E-state index is 5.88. The van der Waals surface area contributed by atoms with Gasteiger partial charge in [0.1, 0.15) is 0 Å². The van der Waals surface area contributed by atoms with Crippen LogP contribution in [0.1, 0.15) is 2.85 Å². The second kappa shape index (κ2) is 8.40. The minimum absolute atomic E-state index is 0. The molecule has 0 heterocycles. The van der Waals surface area contributed by atoms with E-state index in [0.717, 1.165) is 0 Å². The van der Waals surface area contributed by atoms with Gasteiger partial charge in [0.25, 0.3) is 0 Å². The molecule has 1 aliphatic rings. The van der Waals surface area contributed by atoms with Crippen molar-refractivity contribution in [2.45, 2.75) is 32.3 Å². The summed E-state index contributed by atoms with van der Waals surface area (Å²) in [6.07, 6.45) is 0. The van der Waals surface area contributed by atoms with Crippen molar-refractivity contribution in [2.24, 2.45) is 0 Å². The molecular weight excluding hydrogens is 360 g/mol. The summed E-state index contributed by atoms with van der Waals surface area (Å²) in [7, 11) is 0. The Morgan fingerprint density at radius 2 is 0.571 bits per heavy atom. The number of halogens is 7. The zero-order valence-electron chi connectivity index (χ0n) is 8.85. The Bertz CT molecular complexity index is 118. The van der Waals surface area contributed by atoms with E-state index in [1.165, 1.54) is 0 Å². The molecular formula is C6H9CaCl7. The first kappa shape index (κ1) is 19.6. The molecule has 8 heteroatoms. The van der Waals surface area contributed by atoms with Gasteiger partial charge in [0, 0.05) is 0 Å². The van der Waals surface area contributed by atoms with Crippen molar-refractivity contribution in [2.75, 3.05) is 0 Å². The Morgan fingerprint density at radius 1 is 0.500 bits per heavy atom. The first-order chi connectivity index (χ1) is 5.46. The van der Waals surface area contributed by atoms with Crippen LogP contribution in [0.5, 0.6) is 0 Å². The van der Waals surface area contributed by atoms with E-state index in [-0.39, 0.29) is 53.0 Å². The molecule has 0 saturated heterocycles. The van der Waals surface area contributed by atoms with E-state index in [0.29, 0.717) is 0 Å². The van der Waals surface area contributed by atoms with E-state index in [2.05, 4.69) is 0 Å². The number of hydrogen-bond acceptors (Lipinski definition) is 0. The van der Waals surface area contributed by atoms with Gasteiger partial charge in [-0.2, -0.15) is 0 Å². The van der Waals surface area contributed by atoms with Crippen molar-refractivity contribution in [3.63, 3.8) is 0 Å². The number of hydrogen-bond donors (Lipinski definition) is 0. The van der Waals surface area contributed by atoms with Crippen LogP contribution in [0.25, 0.3) is 0 Å². The summed E-state index contributed by atoms with van der Waals surface area (Å²) >= 11 is 35.3. The summed E-state index contributed by atoms with van der Waals surface area (Å²) in [5.74, 6) is 0. The molecule has 14 heavy (non-hydrogen) atoms. The van der Waals surface area contributed by atoms with Crippen LogP contribution in [-0.2, 0) is 0 Å². The smallest absolute Gasteiger partial charge is 1.00 e. The normalized spacial score (nSPS) is 47.6. The van der Waals surface area contributed by atoms with Crippen LogP contribution in [0.2, 0.25) is 0 Å². The number of alkyl halides is 6. The second-order valence-corrected chi connectivity index (χ2v) is 5.69. The van der Waals surface area contributed by atoms with Crippen LogP contribution in [0.15, 0.2) is 0 Å². The maximum Gasteiger partial charge on any atom is 2.00 e. The van der Waals surface area contributed by atoms with Crippen molar-refractivity contribution in [1.29, 1.82) is 0 Å². The first-order valence-electron chi connectivity index (χ1n) is 3.31. The molecule has 0 bridgehead atoms. The fourth-order valence-electron chi connectivity index (χ4n) is 1.05. The van der Waals surface area contributed by atoms with E-state index in [9.17, 15) is 0 Å². The molecule has 0 spiro atoms. The van der Waals surface area contributed by atoms with Gasteiger partial charge in [0.15, 0.2) is 0 Å². The Labute approximate surface area is 153 Å².